The summed E-state index contributed by atoms with van der Waals surface area (Å²) in [4.78, 5) is 34.9. The molecule has 2 atom stereocenters. The van der Waals surface area contributed by atoms with E-state index in [0.29, 0.717) is 12.2 Å². The summed E-state index contributed by atoms with van der Waals surface area (Å²) in [5.74, 6) is 0.513. The van der Waals surface area contributed by atoms with E-state index in [2.05, 4.69) is 15.3 Å². The van der Waals surface area contributed by atoms with Gasteiger partial charge in [-0.1, -0.05) is 37.1 Å². The van der Waals surface area contributed by atoms with Crippen molar-refractivity contribution in [3.63, 3.8) is 0 Å². The number of Topliss-reactive ketones (excluding diaryl/α,β-unsaturated/α-hetero) is 1. The first kappa shape index (κ1) is 25.1. The predicted molar refractivity (Wildman–Crippen MR) is 141 cm³/mol. The molecule has 194 valence electrons. The number of para-hydroxylation sites is 2. The van der Waals surface area contributed by atoms with E-state index in [9.17, 15) is 9.59 Å². The number of carbonyl (C=O) groups is 2. The number of aromatic nitrogens is 2. The monoisotopic (exact) mass is 523 g/mol. The third-order valence-corrected chi connectivity index (χ3v) is 7.55. The maximum atomic E-state index is 13.6. The summed E-state index contributed by atoms with van der Waals surface area (Å²) in [6, 6.07) is 9.57. The van der Waals surface area contributed by atoms with Crippen molar-refractivity contribution in [1.29, 1.82) is 0 Å². The number of hydrogen-bond donors (Lipinski definition) is 2. The number of carbonyl (C=O) groups excluding carboxylic acids is 2. The second-order valence-electron chi connectivity index (χ2n) is 9.54. The number of ether oxygens (including phenoxy) is 3. The fourth-order valence-corrected chi connectivity index (χ4v) is 5.48. The largest absolute Gasteiger partial charge is 0.496 e. The lowest BCUT2D eigenvalue weighted by atomic mass is 9.74. The van der Waals surface area contributed by atoms with Gasteiger partial charge in [0.15, 0.2) is 5.75 Å². The summed E-state index contributed by atoms with van der Waals surface area (Å²) in [5.41, 5.74) is 1.40. The molecule has 2 aromatic carbocycles. The van der Waals surface area contributed by atoms with Crippen molar-refractivity contribution in [2.45, 2.75) is 44.6 Å². The Bertz CT molecular complexity index is 1360. The number of nitrogens with one attached hydrogen (secondary N) is 2. The quantitative estimate of drug-likeness (QED) is 0.299. The number of aromatic amines is 1. The molecule has 9 heteroatoms. The lowest BCUT2D eigenvalue weighted by molar-refractivity contribution is -0.129. The fraction of sp³-hybridized carbons (Fsp3) is 0.393. The topological polar surface area (TPSA) is 103 Å². The summed E-state index contributed by atoms with van der Waals surface area (Å²) in [7, 11) is 2.92. The minimum Gasteiger partial charge on any atom is -0.496 e. The predicted octanol–water partition coefficient (Wildman–Crippen LogP) is 5.04. The number of ketones is 2. The molecule has 1 aromatic heterocycles. The molecule has 2 heterocycles. The number of hydrogen-bond acceptors (Lipinski definition) is 7. The van der Waals surface area contributed by atoms with E-state index < -0.39 is 23.1 Å². The van der Waals surface area contributed by atoms with Crippen LogP contribution in [0.1, 0.15) is 48.8 Å². The van der Waals surface area contributed by atoms with E-state index in [0.717, 1.165) is 54.8 Å². The molecular weight excluding hydrogens is 494 g/mol. The van der Waals surface area contributed by atoms with Crippen LogP contribution in [0, 0.1) is 5.92 Å². The summed E-state index contributed by atoms with van der Waals surface area (Å²) < 4.78 is 16.8. The second kappa shape index (κ2) is 10.1. The smallest absolute Gasteiger partial charge is 0.236 e. The highest BCUT2D eigenvalue weighted by Crippen LogP contribution is 2.52. The van der Waals surface area contributed by atoms with Crippen LogP contribution in [-0.4, -0.2) is 47.9 Å². The van der Waals surface area contributed by atoms with Crippen LogP contribution in [-0.2, 0) is 11.2 Å². The van der Waals surface area contributed by atoms with Gasteiger partial charge in [0.05, 0.1) is 25.3 Å². The van der Waals surface area contributed by atoms with E-state index in [1.54, 1.807) is 0 Å². The molecule has 2 aliphatic rings. The normalized spacial score (nSPS) is 20.6. The highest BCUT2D eigenvalue weighted by molar-refractivity contribution is 6.36. The molecule has 0 fully saturated rings. The molecule has 3 aromatic rings. The number of benzene rings is 2. The van der Waals surface area contributed by atoms with E-state index >= 15 is 0 Å². The number of aryl methyl sites for hydroxylation is 1. The van der Waals surface area contributed by atoms with Crippen molar-refractivity contribution in [2.24, 2.45) is 5.92 Å². The van der Waals surface area contributed by atoms with Crippen LogP contribution in [0.4, 0.5) is 0 Å². The van der Waals surface area contributed by atoms with Gasteiger partial charge in [-0.05, 0) is 31.4 Å². The summed E-state index contributed by atoms with van der Waals surface area (Å²) in [5, 5.41) is 3.53. The van der Waals surface area contributed by atoms with Crippen molar-refractivity contribution in [3.8, 4) is 17.2 Å². The van der Waals surface area contributed by atoms with Gasteiger partial charge in [0.1, 0.15) is 27.9 Å². The molecule has 1 aliphatic carbocycles. The van der Waals surface area contributed by atoms with Gasteiger partial charge in [-0.25, -0.2) is 4.98 Å². The Labute approximate surface area is 220 Å². The third-order valence-electron chi connectivity index (χ3n) is 7.19. The van der Waals surface area contributed by atoms with Crippen LogP contribution in [0.5, 0.6) is 17.2 Å². The molecule has 0 bridgehead atoms. The van der Waals surface area contributed by atoms with Crippen LogP contribution in [0.25, 0.3) is 11.0 Å². The van der Waals surface area contributed by atoms with Gasteiger partial charge < -0.3 is 24.5 Å². The van der Waals surface area contributed by atoms with Crippen LogP contribution in [0.3, 0.4) is 0 Å². The van der Waals surface area contributed by atoms with Crippen molar-refractivity contribution in [3.05, 3.63) is 58.5 Å². The maximum Gasteiger partial charge on any atom is 0.236 e. The minimum atomic E-state index is -1.65. The average Bonchev–Trinajstić information content (AvgIpc) is 3.45. The van der Waals surface area contributed by atoms with Crippen LogP contribution < -0.4 is 19.5 Å². The van der Waals surface area contributed by atoms with Crippen LogP contribution >= 0.6 is 11.6 Å². The Morgan fingerprint density at radius 3 is 2.68 bits per heavy atom. The fourth-order valence-electron chi connectivity index (χ4n) is 5.22. The van der Waals surface area contributed by atoms with E-state index in [4.69, 9.17) is 25.8 Å². The molecule has 37 heavy (non-hydrogen) atoms. The van der Waals surface area contributed by atoms with Crippen LogP contribution in [0.2, 0.25) is 5.02 Å². The standard InChI is InChI=1S/C28H30ClN3O5/c1-16-13-17(30-12-8-4-5-11-23-31-18-9-6-7-10-19(18)32-23)14-22(33)28(16)27(34)24-20(35-2)15-21(36-3)25(29)26(24)37-28/h6-7,9-10,14-16,30H,4-5,8,11-13H2,1-3H3,(H,31,32). The number of allylic oxidation sites excluding steroid dienone is 1. The third kappa shape index (κ3) is 4.33. The molecule has 2 N–H and O–H groups in total. The highest BCUT2D eigenvalue weighted by Gasteiger charge is 2.60. The van der Waals surface area contributed by atoms with Crippen molar-refractivity contribution < 1.29 is 23.8 Å². The molecule has 0 saturated carbocycles. The molecule has 8 nitrogen and oxygen atoms in total. The highest BCUT2D eigenvalue weighted by atomic mass is 35.5. The number of nitrogens with zero attached hydrogens (tertiary/aromatic N) is 1. The molecule has 1 aliphatic heterocycles. The van der Waals surface area contributed by atoms with Gasteiger partial charge in [-0.15, -0.1) is 0 Å². The Kier molecular flexibility index (Phi) is 6.86. The van der Waals surface area contributed by atoms with E-state index in [1.165, 1.54) is 26.4 Å². The van der Waals surface area contributed by atoms with E-state index in [-0.39, 0.29) is 22.1 Å². The Balaban J connectivity index is 1.19. The number of H-pyrrole nitrogens is 1. The second-order valence-corrected chi connectivity index (χ2v) is 9.92. The zero-order valence-corrected chi connectivity index (χ0v) is 21.9. The average molecular weight is 524 g/mol. The SMILES string of the molecule is COc1cc(OC)c2c(c1Cl)OC1(C(=O)C=C(NCCCCCc3nc4ccccc4[nH]3)CC1C)C2=O. The number of unbranched alkanes of at least 4 members (excludes halogenated alkanes) is 2. The van der Waals surface area contributed by atoms with Crippen molar-refractivity contribution >= 4 is 34.2 Å². The Morgan fingerprint density at radius 2 is 1.95 bits per heavy atom. The zero-order valence-electron chi connectivity index (χ0n) is 21.2. The summed E-state index contributed by atoms with van der Waals surface area (Å²) >= 11 is 6.44. The molecule has 5 rings (SSSR count). The molecular formula is C28H30ClN3O5. The Hall–Kier alpha value is -3.52. The Morgan fingerprint density at radius 1 is 1.16 bits per heavy atom. The number of rotatable bonds is 9. The molecule has 0 amide bonds. The lowest BCUT2D eigenvalue weighted by Crippen LogP contribution is -2.55. The van der Waals surface area contributed by atoms with Gasteiger partial charge >= 0.3 is 0 Å². The van der Waals surface area contributed by atoms with Crippen molar-refractivity contribution in [2.75, 3.05) is 20.8 Å². The molecule has 0 saturated heterocycles. The van der Waals surface area contributed by atoms with Gasteiger partial charge in [0.25, 0.3) is 0 Å². The first-order valence-electron chi connectivity index (χ1n) is 12.5. The molecule has 1 spiro atoms. The van der Waals surface area contributed by atoms with Gasteiger partial charge in [0.2, 0.25) is 17.2 Å². The van der Waals surface area contributed by atoms with Crippen LogP contribution in [0.15, 0.2) is 42.1 Å². The first-order valence-corrected chi connectivity index (χ1v) is 12.9. The number of halogens is 1. The maximum absolute atomic E-state index is 13.6. The van der Waals surface area contributed by atoms with E-state index in [1.807, 2.05) is 31.2 Å². The lowest BCUT2D eigenvalue weighted by Gasteiger charge is -2.35. The molecule has 0 radical (unpaired) electrons. The summed E-state index contributed by atoms with van der Waals surface area (Å²) in [6.45, 7) is 2.59. The van der Waals surface area contributed by atoms with Crippen molar-refractivity contribution in [1.82, 2.24) is 15.3 Å². The summed E-state index contributed by atoms with van der Waals surface area (Å²) in [6.07, 6.45) is 5.90. The number of methoxy groups -OCH3 is 2. The first-order chi connectivity index (χ1) is 17.9. The number of imidazole rings is 1. The zero-order chi connectivity index (χ0) is 26.2. The van der Waals surface area contributed by atoms with Gasteiger partial charge in [-0.2, -0.15) is 0 Å². The van der Waals surface area contributed by atoms with Gasteiger partial charge in [0, 0.05) is 36.7 Å². The molecule has 2 unspecified atom stereocenters. The van der Waals surface area contributed by atoms with Gasteiger partial charge in [-0.3, -0.25) is 9.59 Å². The minimum absolute atomic E-state index is 0.136. The number of fused-ring (bicyclic) bond motifs is 2.